The highest BCUT2D eigenvalue weighted by molar-refractivity contribution is 7.09. The van der Waals surface area contributed by atoms with Crippen molar-refractivity contribution in [2.75, 3.05) is 0 Å². The summed E-state index contributed by atoms with van der Waals surface area (Å²) < 4.78 is 0. The number of hydrogen-bond acceptors (Lipinski definition) is 3. The van der Waals surface area contributed by atoms with Crippen LogP contribution < -0.4 is 5.32 Å². The first-order valence-corrected chi connectivity index (χ1v) is 8.07. The van der Waals surface area contributed by atoms with Crippen molar-refractivity contribution in [3.05, 3.63) is 28.7 Å². The van der Waals surface area contributed by atoms with Crippen molar-refractivity contribution in [3.8, 4) is 0 Å². The van der Waals surface area contributed by atoms with Crippen LogP contribution in [-0.4, -0.2) is 10.9 Å². The molecule has 0 aromatic carbocycles. The second-order valence-corrected chi connectivity index (χ2v) is 7.01. The van der Waals surface area contributed by atoms with Gasteiger partial charge >= 0.3 is 0 Å². The highest BCUT2D eigenvalue weighted by Gasteiger charge is 2.42. The predicted octanol–water partition coefficient (Wildman–Crippen LogP) is 2.92. The summed E-state index contributed by atoms with van der Waals surface area (Å²) in [6.07, 6.45) is 11.0. The SMILES string of the molecule is O=C(N[C@H](c1nccs1)C1CC1)[C@@H]1C[C@H]2C=C[C@H]1C2. The van der Waals surface area contributed by atoms with Crippen molar-refractivity contribution in [2.24, 2.45) is 23.7 Å². The number of aromatic nitrogens is 1. The Labute approximate surface area is 117 Å². The molecule has 0 spiro atoms. The second-order valence-electron chi connectivity index (χ2n) is 6.08. The number of thiazole rings is 1. The first-order chi connectivity index (χ1) is 9.31. The van der Waals surface area contributed by atoms with Crippen LogP contribution >= 0.6 is 11.3 Å². The van der Waals surface area contributed by atoms with Gasteiger partial charge < -0.3 is 5.32 Å². The summed E-state index contributed by atoms with van der Waals surface area (Å²) in [5.74, 6) is 2.21. The molecule has 3 aliphatic rings. The monoisotopic (exact) mass is 274 g/mol. The van der Waals surface area contributed by atoms with E-state index in [0.29, 0.717) is 17.8 Å². The fourth-order valence-corrected chi connectivity index (χ4v) is 4.32. The Hall–Kier alpha value is -1.16. The van der Waals surface area contributed by atoms with Gasteiger partial charge in [-0.1, -0.05) is 12.2 Å². The molecule has 2 fully saturated rings. The number of carbonyl (C=O) groups excluding carboxylic acids is 1. The number of nitrogens with one attached hydrogen (secondary N) is 1. The van der Waals surface area contributed by atoms with Gasteiger partial charge in [0.2, 0.25) is 5.91 Å². The van der Waals surface area contributed by atoms with E-state index < -0.39 is 0 Å². The van der Waals surface area contributed by atoms with Crippen molar-refractivity contribution in [3.63, 3.8) is 0 Å². The molecule has 4 heteroatoms. The smallest absolute Gasteiger partial charge is 0.224 e. The highest BCUT2D eigenvalue weighted by Crippen LogP contribution is 2.45. The molecule has 19 heavy (non-hydrogen) atoms. The number of allylic oxidation sites excluding steroid dienone is 2. The van der Waals surface area contributed by atoms with Crippen molar-refractivity contribution in [1.29, 1.82) is 0 Å². The molecule has 1 N–H and O–H groups in total. The van der Waals surface area contributed by atoms with Crippen molar-refractivity contribution >= 4 is 17.2 Å². The third-order valence-electron chi connectivity index (χ3n) is 4.72. The lowest BCUT2D eigenvalue weighted by Gasteiger charge is -2.22. The van der Waals surface area contributed by atoms with Crippen molar-refractivity contribution < 1.29 is 4.79 Å². The van der Waals surface area contributed by atoms with Crippen molar-refractivity contribution in [1.82, 2.24) is 10.3 Å². The van der Waals surface area contributed by atoms with Gasteiger partial charge in [0.15, 0.2) is 0 Å². The molecular formula is C15H18N2OS. The molecule has 0 radical (unpaired) electrons. The van der Waals surface area contributed by atoms with Crippen LogP contribution in [0.5, 0.6) is 0 Å². The van der Waals surface area contributed by atoms with Gasteiger partial charge in [0, 0.05) is 17.5 Å². The molecule has 1 aromatic heterocycles. The molecule has 0 aliphatic heterocycles. The lowest BCUT2D eigenvalue weighted by molar-refractivity contribution is -0.126. The molecule has 100 valence electrons. The van der Waals surface area contributed by atoms with E-state index >= 15 is 0 Å². The largest absolute Gasteiger partial charge is 0.346 e. The number of hydrogen-bond donors (Lipinski definition) is 1. The van der Waals surface area contributed by atoms with Crippen LogP contribution in [0.2, 0.25) is 0 Å². The second kappa shape index (κ2) is 4.44. The summed E-state index contributed by atoms with van der Waals surface area (Å²) in [6, 6.07) is 0.163. The molecule has 1 aromatic rings. The van der Waals surface area contributed by atoms with Gasteiger partial charge in [-0.15, -0.1) is 11.3 Å². The third-order valence-corrected chi connectivity index (χ3v) is 5.58. The fraction of sp³-hybridized carbons (Fsp3) is 0.600. The summed E-state index contributed by atoms with van der Waals surface area (Å²) in [7, 11) is 0. The van der Waals surface area contributed by atoms with Crippen LogP contribution in [0.4, 0.5) is 0 Å². The Morgan fingerprint density at radius 3 is 2.84 bits per heavy atom. The number of fused-ring (bicyclic) bond motifs is 2. The zero-order chi connectivity index (χ0) is 12.8. The van der Waals surface area contributed by atoms with Gasteiger partial charge in [0.05, 0.1) is 6.04 Å². The minimum absolute atomic E-state index is 0.163. The lowest BCUT2D eigenvalue weighted by atomic mass is 9.92. The Morgan fingerprint density at radius 1 is 1.37 bits per heavy atom. The van der Waals surface area contributed by atoms with E-state index in [-0.39, 0.29) is 17.9 Å². The van der Waals surface area contributed by atoms with Gasteiger partial charge in [-0.3, -0.25) is 4.79 Å². The van der Waals surface area contributed by atoms with Crippen LogP contribution in [0.1, 0.15) is 36.7 Å². The first kappa shape index (κ1) is 11.6. The lowest BCUT2D eigenvalue weighted by Crippen LogP contribution is -2.36. The minimum atomic E-state index is 0.163. The molecule has 0 unspecified atom stereocenters. The standard InChI is InChI=1S/C15H18N2OS/c18-14(12-8-9-1-2-11(12)7-9)17-13(10-3-4-10)15-16-5-6-19-15/h1-2,5-6,9-13H,3-4,7-8H2,(H,17,18)/t9-,11-,12+,13-/m0/s1. The molecule has 1 heterocycles. The quantitative estimate of drug-likeness (QED) is 0.858. The van der Waals surface area contributed by atoms with Gasteiger partial charge in [0.1, 0.15) is 5.01 Å². The van der Waals surface area contributed by atoms with E-state index in [1.54, 1.807) is 11.3 Å². The molecule has 1 amide bonds. The molecule has 3 nitrogen and oxygen atoms in total. The van der Waals surface area contributed by atoms with E-state index in [4.69, 9.17) is 0 Å². The van der Waals surface area contributed by atoms with E-state index in [1.165, 1.54) is 19.3 Å². The number of rotatable bonds is 4. The summed E-state index contributed by atoms with van der Waals surface area (Å²) in [5, 5.41) is 6.36. The van der Waals surface area contributed by atoms with Gasteiger partial charge in [-0.25, -0.2) is 4.98 Å². The predicted molar refractivity (Wildman–Crippen MR) is 74.6 cm³/mol. The molecular weight excluding hydrogens is 256 g/mol. The maximum atomic E-state index is 12.5. The molecule has 4 rings (SSSR count). The summed E-state index contributed by atoms with van der Waals surface area (Å²) in [4.78, 5) is 16.9. The molecule has 3 aliphatic carbocycles. The zero-order valence-corrected chi connectivity index (χ0v) is 11.6. The zero-order valence-electron chi connectivity index (χ0n) is 10.8. The highest BCUT2D eigenvalue weighted by atomic mass is 32.1. The van der Waals surface area contributed by atoms with E-state index in [0.717, 1.165) is 11.4 Å². The summed E-state index contributed by atoms with van der Waals surface area (Å²) >= 11 is 1.66. The number of nitrogens with zero attached hydrogens (tertiary/aromatic N) is 1. The van der Waals surface area contributed by atoms with Gasteiger partial charge in [-0.2, -0.15) is 0 Å². The molecule has 2 bridgehead atoms. The maximum absolute atomic E-state index is 12.5. The Bertz CT molecular complexity index is 506. The minimum Gasteiger partial charge on any atom is -0.346 e. The Morgan fingerprint density at radius 2 is 2.26 bits per heavy atom. The summed E-state index contributed by atoms with van der Waals surface area (Å²) in [6.45, 7) is 0. The Kier molecular flexibility index (Phi) is 2.72. The van der Waals surface area contributed by atoms with Crippen molar-refractivity contribution in [2.45, 2.75) is 31.7 Å². The van der Waals surface area contributed by atoms with Gasteiger partial charge in [0.25, 0.3) is 0 Å². The van der Waals surface area contributed by atoms with Crippen LogP contribution in [0.25, 0.3) is 0 Å². The fourth-order valence-electron chi connectivity index (χ4n) is 3.54. The van der Waals surface area contributed by atoms with Crippen LogP contribution in [0.15, 0.2) is 23.7 Å². The topological polar surface area (TPSA) is 42.0 Å². The van der Waals surface area contributed by atoms with E-state index in [2.05, 4.69) is 22.5 Å². The number of amides is 1. The molecule has 2 saturated carbocycles. The van der Waals surface area contributed by atoms with E-state index in [9.17, 15) is 4.79 Å². The maximum Gasteiger partial charge on any atom is 0.224 e. The van der Waals surface area contributed by atoms with Crippen LogP contribution in [0, 0.1) is 23.7 Å². The summed E-state index contributed by atoms with van der Waals surface area (Å²) in [5.41, 5.74) is 0. The van der Waals surface area contributed by atoms with Gasteiger partial charge in [-0.05, 0) is 43.4 Å². The first-order valence-electron chi connectivity index (χ1n) is 7.19. The van der Waals surface area contributed by atoms with E-state index in [1.807, 2.05) is 11.6 Å². The van der Waals surface area contributed by atoms with Crippen LogP contribution in [-0.2, 0) is 4.79 Å². The molecule has 0 saturated heterocycles. The molecule has 4 atom stereocenters. The number of carbonyl (C=O) groups is 1. The normalized spacial score (nSPS) is 33.6. The Balaban J connectivity index is 1.47. The average molecular weight is 274 g/mol. The van der Waals surface area contributed by atoms with Crippen LogP contribution in [0.3, 0.4) is 0 Å². The third kappa shape index (κ3) is 2.12. The average Bonchev–Trinajstić information content (AvgIpc) is 2.86.